The molecule has 0 unspecified atom stereocenters. The van der Waals surface area contributed by atoms with E-state index in [0.29, 0.717) is 23.4 Å². The summed E-state index contributed by atoms with van der Waals surface area (Å²) in [5.41, 5.74) is 2.99. The number of aryl methyl sites for hydroxylation is 1. The molecule has 0 atom stereocenters. The lowest BCUT2D eigenvalue weighted by Gasteiger charge is -2.14. The molecule has 3 aromatic heterocycles. The third-order valence-electron chi connectivity index (χ3n) is 10.9. The van der Waals surface area contributed by atoms with Crippen molar-refractivity contribution in [2.75, 3.05) is 12.4 Å². The number of esters is 1. The molecule has 0 bridgehead atoms. The van der Waals surface area contributed by atoms with Gasteiger partial charge in [-0.2, -0.15) is 9.97 Å². The van der Waals surface area contributed by atoms with E-state index < -0.39 is 41.6 Å². The fraction of sp³-hybridized carbons (Fsp3) is 0.193. The van der Waals surface area contributed by atoms with Gasteiger partial charge in [-0.1, -0.05) is 45.2 Å². The molecule has 406 valence electrons. The summed E-state index contributed by atoms with van der Waals surface area (Å²) in [6, 6.07) is 23.4. The number of ether oxygens (including phenoxy) is 5. The van der Waals surface area contributed by atoms with Crippen LogP contribution in [0.15, 0.2) is 128 Å². The number of Topliss-reactive ketones (excluding diaryl/α,β-unsaturated/α-hetero) is 1. The lowest BCUT2D eigenvalue weighted by Crippen LogP contribution is -2.13. The van der Waals surface area contributed by atoms with Gasteiger partial charge < -0.3 is 38.7 Å². The molecule has 0 saturated heterocycles. The fourth-order valence-electron chi connectivity index (χ4n) is 7.12. The van der Waals surface area contributed by atoms with Crippen LogP contribution in [0.25, 0.3) is 9.69 Å². The standard InChI is InChI=1S/C35H30F2N6O5.C20H13F2N3O4.2CH4/c1-4-43-21-39-18-26(43)19-41-31-15-24(35(45)46-3)6-5-23(31)14-27(44)13-22-7-9-28(17-29(22)36)48-34-11-12-40-33(42-34)20-47-32-10-8-25(38-2)16-30(32)37;1-23-13-3-5-17(16(22)9-13)28-11-18-24-7-6-19(25-18)29-14-4-2-12(8-20(26)27)15(21)10-14;;/h5-12,15-18,21,41H,4,13-14,19-20H2,1,3H3;2-7,9-10H,8,11H2,(H,26,27);2*1H4. The molecule has 3 heterocycles. The van der Waals surface area contributed by atoms with E-state index in [1.165, 1.54) is 80.2 Å². The number of anilines is 1. The van der Waals surface area contributed by atoms with E-state index in [2.05, 4.69) is 39.9 Å². The summed E-state index contributed by atoms with van der Waals surface area (Å²) in [5, 5.41) is 12.0. The van der Waals surface area contributed by atoms with Crippen molar-refractivity contribution in [3.63, 3.8) is 0 Å². The van der Waals surface area contributed by atoms with E-state index in [9.17, 15) is 27.6 Å². The fourth-order valence-corrected chi connectivity index (χ4v) is 7.12. The molecule has 18 nitrogen and oxygen atoms in total. The largest absolute Gasteiger partial charge is 0.483 e. The number of rotatable bonds is 21. The average Bonchev–Trinajstić information content (AvgIpc) is 3.91. The van der Waals surface area contributed by atoms with Crippen LogP contribution in [0.1, 0.15) is 66.2 Å². The first-order chi connectivity index (χ1) is 37.2. The summed E-state index contributed by atoms with van der Waals surface area (Å²) in [4.78, 5) is 62.8. The number of aliphatic carboxylic acids is 1. The third kappa shape index (κ3) is 16.9. The molecular weight excluding hydrogens is 1030 g/mol. The van der Waals surface area contributed by atoms with Crippen LogP contribution in [0.5, 0.6) is 34.8 Å². The molecular formula is C57H51F4N9O9. The van der Waals surface area contributed by atoms with Crippen molar-refractivity contribution >= 4 is 34.8 Å². The van der Waals surface area contributed by atoms with E-state index in [1.807, 2.05) is 11.5 Å². The summed E-state index contributed by atoms with van der Waals surface area (Å²) in [6.45, 7) is 16.6. The Morgan fingerprint density at radius 1 is 0.658 bits per heavy atom. The molecule has 8 aromatic rings. The molecule has 0 fully saturated rings. The number of carbonyl (C=O) groups excluding carboxylic acids is 2. The number of carbonyl (C=O) groups is 3. The smallest absolute Gasteiger partial charge is 0.337 e. The van der Waals surface area contributed by atoms with Crippen LogP contribution in [0.2, 0.25) is 0 Å². The van der Waals surface area contributed by atoms with Crippen molar-refractivity contribution in [2.24, 2.45) is 0 Å². The molecule has 0 spiro atoms. The van der Waals surface area contributed by atoms with Crippen LogP contribution in [0.4, 0.5) is 34.6 Å². The molecule has 0 amide bonds. The number of hydrogen-bond donors (Lipinski definition) is 2. The van der Waals surface area contributed by atoms with Crippen LogP contribution >= 0.6 is 0 Å². The summed E-state index contributed by atoms with van der Waals surface area (Å²) in [6.07, 6.45) is 5.67. The Kier molecular flexibility index (Phi) is 21.6. The highest BCUT2D eigenvalue weighted by Crippen LogP contribution is 2.28. The molecule has 0 aliphatic carbocycles. The van der Waals surface area contributed by atoms with Gasteiger partial charge in [0.15, 0.2) is 46.2 Å². The number of carboxylic acid groups (broad SMARTS) is 1. The van der Waals surface area contributed by atoms with Crippen LogP contribution < -0.4 is 24.3 Å². The quantitative estimate of drug-likeness (QED) is 0.0390. The minimum atomic E-state index is -1.14. The molecule has 0 saturated carbocycles. The first-order valence-corrected chi connectivity index (χ1v) is 23.0. The Labute approximate surface area is 451 Å². The number of halogens is 4. The zero-order valence-electron chi connectivity index (χ0n) is 40.9. The highest BCUT2D eigenvalue weighted by atomic mass is 19.1. The first kappa shape index (κ1) is 59.7. The van der Waals surface area contributed by atoms with Gasteiger partial charge in [0.05, 0.1) is 50.8 Å². The van der Waals surface area contributed by atoms with Crippen LogP contribution in [-0.4, -0.2) is 59.4 Å². The number of methoxy groups -OCH3 is 1. The van der Waals surface area contributed by atoms with Crippen molar-refractivity contribution < 1.29 is 60.7 Å². The Morgan fingerprint density at radius 3 is 1.66 bits per heavy atom. The molecule has 5 aromatic carbocycles. The topological polar surface area (TPSA) is 208 Å². The Bertz CT molecular complexity index is 3530. The zero-order chi connectivity index (χ0) is 54.8. The van der Waals surface area contributed by atoms with Crippen molar-refractivity contribution in [2.45, 2.75) is 67.3 Å². The van der Waals surface area contributed by atoms with Crippen molar-refractivity contribution in [3.8, 4) is 34.8 Å². The number of aromatic nitrogens is 6. The number of nitrogens with zero attached hydrogens (tertiary/aromatic N) is 8. The lowest BCUT2D eigenvalue weighted by molar-refractivity contribution is -0.136. The molecule has 22 heteroatoms. The van der Waals surface area contributed by atoms with E-state index >= 15 is 4.39 Å². The third-order valence-corrected chi connectivity index (χ3v) is 10.9. The second-order valence-electron chi connectivity index (χ2n) is 16.2. The second-order valence-corrected chi connectivity index (χ2v) is 16.2. The van der Waals surface area contributed by atoms with E-state index in [-0.39, 0.29) is 116 Å². The number of carboxylic acids is 1. The summed E-state index contributed by atoms with van der Waals surface area (Å²) < 4.78 is 85.8. The summed E-state index contributed by atoms with van der Waals surface area (Å²) >= 11 is 0. The Hall–Kier alpha value is -10.2. The molecule has 0 radical (unpaired) electrons. The van der Waals surface area contributed by atoms with Gasteiger partial charge in [-0.25, -0.2) is 47.0 Å². The predicted molar refractivity (Wildman–Crippen MR) is 281 cm³/mol. The molecule has 0 aliphatic rings. The van der Waals surface area contributed by atoms with Crippen molar-refractivity contribution in [3.05, 3.63) is 214 Å². The minimum Gasteiger partial charge on any atom is -0.483 e. The van der Waals surface area contributed by atoms with E-state index in [4.69, 9.17) is 41.9 Å². The van der Waals surface area contributed by atoms with Crippen LogP contribution in [0, 0.1) is 36.4 Å². The minimum absolute atomic E-state index is 0. The van der Waals surface area contributed by atoms with Gasteiger partial charge in [0.1, 0.15) is 42.1 Å². The molecule has 8 rings (SSSR count). The second kappa shape index (κ2) is 28.6. The van der Waals surface area contributed by atoms with Crippen molar-refractivity contribution in [1.29, 1.82) is 0 Å². The van der Waals surface area contributed by atoms with Crippen molar-refractivity contribution in [1.82, 2.24) is 29.5 Å². The zero-order valence-corrected chi connectivity index (χ0v) is 40.9. The Morgan fingerprint density at radius 2 is 1.18 bits per heavy atom. The number of nitrogens with one attached hydrogen (secondary N) is 1. The molecule has 2 N–H and O–H groups in total. The number of hydrogen-bond acceptors (Lipinski definition) is 14. The van der Waals surface area contributed by atoms with Gasteiger partial charge in [0.25, 0.3) is 0 Å². The van der Waals surface area contributed by atoms with Gasteiger partial charge in [0, 0.05) is 67.9 Å². The van der Waals surface area contributed by atoms with Gasteiger partial charge in [0.2, 0.25) is 11.8 Å². The maximum Gasteiger partial charge on any atom is 0.337 e. The van der Waals surface area contributed by atoms with Gasteiger partial charge in [-0.15, -0.1) is 0 Å². The highest BCUT2D eigenvalue weighted by Gasteiger charge is 2.17. The number of benzene rings is 5. The first-order valence-electron chi connectivity index (χ1n) is 23.0. The van der Waals surface area contributed by atoms with E-state index in [0.717, 1.165) is 36.5 Å². The average molecular weight is 1080 g/mol. The SMILES string of the molecule is C.C.[C-]#[N+]c1ccc(OCc2nccc(Oc3ccc(CC(=O)Cc4ccc(C(=O)OC)cc4NCc4cncn4CC)c(F)c3)n2)c(F)c1.[C-]#[N+]c1ccc(OCc2nccc(Oc3ccc(CC(=O)O)c(F)c3)n2)c(F)c1. The highest BCUT2D eigenvalue weighted by molar-refractivity contribution is 5.92. The van der Waals surface area contributed by atoms with Gasteiger partial charge in [-0.3, -0.25) is 9.59 Å². The maximum atomic E-state index is 15.1. The maximum absolute atomic E-state index is 15.1. The monoisotopic (exact) mass is 1080 g/mol. The molecule has 79 heavy (non-hydrogen) atoms. The van der Waals surface area contributed by atoms with Gasteiger partial charge >= 0.3 is 11.9 Å². The number of imidazole rings is 1. The van der Waals surface area contributed by atoms with Crippen LogP contribution in [-0.2, 0) is 59.9 Å². The lowest BCUT2D eigenvalue weighted by atomic mass is 9.99. The molecule has 0 aliphatic heterocycles. The Balaban J connectivity index is 0.000000318. The number of ketones is 1. The van der Waals surface area contributed by atoms with Crippen LogP contribution in [0.3, 0.4) is 0 Å². The van der Waals surface area contributed by atoms with E-state index in [1.54, 1.807) is 30.7 Å². The van der Waals surface area contributed by atoms with Gasteiger partial charge in [-0.05, 0) is 72.1 Å². The normalized spacial score (nSPS) is 10.2. The summed E-state index contributed by atoms with van der Waals surface area (Å²) in [7, 11) is 1.29. The predicted octanol–water partition coefficient (Wildman–Crippen LogP) is 12.2. The summed E-state index contributed by atoms with van der Waals surface area (Å²) in [5.74, 6) is -3.85.